The minimum Gasteiger partial charge on any atom is -0.271 e. The third-order valence-corrected chi connectivity index (χ3v) is 3.09. The van der Waals surface area contributed by atoms with Crippen LogP contribution in [0, 0.1) is 0 Å². The lowest BCUT2D eigenvalue weighted by molar-refractivity contribution is 0.517. The van der Waals surface area contributed by atoms with E-state index < -0.39 is 0 Å². The van der Waals surface area contributed by atoms with Gasteiger partial charge in [-0.3, -0.25) is 21.2 Å². The van der Waals surface area contributed by atoms with Crippen LogP contribution < -0.4 is 11.3 Å². The van der Waals surface area contributed by atoms with Crippen molar-refractivity contribution >= 4 is 15.9 Å². The van der Waals surface area contributed by atoms with Gasteiger partial charge < -0.3 is 0 Å². The summed E-state index contributed by atoms with van der Waals surface area (Å²) in [4.78, 5) is 8.45. The van der Waals surface area contributed by atoms with Crippen LogP contribution in [-0.2, 0) is 12.8 Å². The molecule has 2 aromatic rings. The Balaban J connectivity index is 2.01. The summed E-state index contributed by atoms with van der Waals surface area (Å²) in [5.74, 6) is 5.60. The molecule has 0 spiro atoms. The molecule has 0 fully saturated rings. The first kappa shape index (κ1) is 13.1. The summed E-state index contributed by atoms with van der Waals surface area (Å²) in [6.07, 6.45) is 7.04. The van der Waals surface area contributed by atoms with Crippen LogP contribution in [0.5, 0.6) is 0 Å². The first-order valence-electron chi connectivity index (χ1n) is 5.73. The summed E-state index contributed by atoms with van der Waals surface area (Å²) < 4.78 is 0.980. The second kappa shape index (κ2) is 6.58. The molecule has 0 aliphatic carbocycles. The highest BCUT2D eigenvalue weighted by molar-refractivity contribution is 9.10. The number of nitrogens with one attached hydrogen (secondary N) is 1. The number of hydrogen-bond acceptors (Lipinski definition) is 4. The van der Waals surface area contributed by atoms with Gasteiger partial charge in [0, 0.05) is 41.2 Å². The summed E-state index contributed by atoms with van der Waals surface area (Å²) in [6.45, 7) is 0. The number of hydrazine groups is 1. The van der Waals surface area contributed by atoms with Crippen molar-refractivity contribution < 1.29 is 0 Å². The fourth-order valence-electron chi connectivity index (χ4n) is 1.81. The standard InChI is InChI=1S/C13H15BrN4/c14-11-5-10(8-16-9-11)6-13(18-15)7-12-3-1-2-4-17-12/h1-5,8-9,13,18H,6-7,15H2. The highest BCUT2D eigenvalue weighted by Crippen LogP contribution is 2.12. The van der Waals surface area contributed by atoms with Crippen LogP contribution in [0.1, 0.15) is 11.3 Å². The normalized spacial score (nSPS) is 12.3. The number of pyridine rings is 2. The van der Waals surface area contributed by atoms with Crippen LogP contribution in [-0.4, -0.2) is 16.0 Å². The van der Waals surface area contributed by atoms with Gasteiger partial charge in [-0.2, -0.15) is 0 Å². The molecule has 94 valence electrons. The molecule has 0 aliphatic rings. The molecule has 1 unspecified atom stereocenters. The monoisotopic (exact) mass is 306 g/mol. The van der Waals surface area contributed by atoms with Crippen LogP contribution in [0.15, 0.2) is 47.3 Å². The highest BCUT2D eigenvalue weighted by Gasteiger charge is 2.10. The van der Waals surface area contributed by atoms with Gasteiger partial charge in [0.1, 0.15) is 0 Å². The van der Waals surface area contributed by atoms with E-state index in [4.69, 9.17) is 5.84 Å². The quantitative estimate of drug-likeness (QED) is 0.654. The van der Waals surface area contributed by atoms with E-state index >= 15 is 0 Å². The van der Waals surface area contributed by atoms with Crippen molar-refractivity contribution in [2.24, 2.45) is 5.84 Å². The van der Waals surface area contributed by atoms with Crippen molar-refractivity contribution in [1.82, 2.24) is 15.4 Å². The van der Waals surface area contributed by atoms with Gasteiger partial charge in [0.2, 0.25) is 0 Å². The predicted molar refractivity (Wildman–Crippen MR) is 74.7 cm³/mol. The van der Waals surface area contributed by atoms with Gasteiger partial charge in [0.25, 0.3) is 0 Å². The first-order chi connectivity index (χ1) is 8.78. The summed E-state index contributed by atoms with van der Waals surface area (Å²) in [5.41, 5.74) is 5.01. The Bertz CT molecular complexity index is 489. The predicted octanol–water partition coefficient (Wildman–Crippen LogP) is 1.86. The van der Waals surface area contributed by atoms with E-state index in [1.165, 1.54) is 0 Å². The topological polar surface area (TPSA) is 63.8 Å². The van der Waals surface area contributed by atoms with E-state index in [1.54, 1.807) is 12.4 Å². The number of nitrogens with two attached hydrogens (primary N) is 1. The fourth-order valence-corrected chi connectivity index (χ4v) is 2.23. The molecule has 0 aromatic carbocycles. The number of aromatic nitrogens is 2. The van der Waals surface area contributed by atoms with Gasteiger partial charge in [-0.15, -0.1) is 0 Å². The molecule has 0 bridgehead atoms. The Hall–Kier alpha value is -1.30. The van der Waals surface area contributed by atoms with E-state index in [2.05, 4.69) is 37.4 Å². The molecule has 2 heterocycles. The molecular formula is C13H15BrN4. The minimum absolute atomic E-state index is 0.149. The van der Waals surface area contributed by atoms with Crippen molar-refractivity contribution in [3.63, 3.8) is 0 Å². The van der Waals surface area contributed by atoms with Crippen molar-refractivity contribution in [3.8, 4) is 0 Å². The average molecular weight is 307 g/mol. The Morgan fingerprint density at radius 2 is 2.17 bits per heavy atom. The first-order valence-corrected chi connectivity index (χ1v) is 6.52. The van der Waals surface area contributed by atoms with E-state index in [0.717, 1.165) is 28.6 Å². The summed E-state index contributed by atoms with van der Waals surface area (Å²) >= 11 is 3.41. The van der Waals surface area contributed by atoms with Crippen molar-refractivity contribution in [3.05, 3.63) is 58.6 Å². The van der Waals surface area contributed by atoms with E-state index in [0.29, 0.717) is 0 Å². The lowest BCUT2D eigenvalue weighted by Crippen LogP contribution is -2.38. The third kappa shape index (κ3) is 3.87. The Morgan fingerprint density at radius 3 is 2.83 bits per heavy atom. The largest absolute Gasteiger partial charge is 0.271 e. The summed E-state index contributed by atoms with van der Waals surface area (Å²) in [5, 5.41) is 0. The molecule has 0 saturated heterocycles. The van der Waals surface area contributed by atoms with E-state index in [1.807, 2.05) is 24.4 Å². The number of halogens is 1. The van der Waals surface area contributed by atoms with Gasteiger partial charge in [-0.05, 0) is 46.1 Å². The SMILES string of the molecule is NNC(Cc1cncc(Br)c1)Cc1ccccn1. The maximum Gasteiger partial charge on any atom is 0.0419 e. The van der Waals surface area contributed by atoms with Crippen LogP contribution >= 0.6 is 15.9 Å². The van der Waals surface area contributed by atoms with Gasteiger partial charge in [0.05, 0.1) is 0 Å². The van der Waals surface area contributed by atoms with Crippen LogP contribution in [0.2, 0.25) is 0 Å². The molecular weight excluding hydrogens is 292 g/mol. The van der Waals surface area contributed by atoms with Crippen molar-refractivity contribution in [1.29, 1.82) is 0 Å². The van der Waals surface area contributed by atoms with Crippen LogP contribution in [0.25, 0.3) is 0 Å². The van der Waals surface area contributed by atoms with Gasteiger partial charge in [-0.25, -0.2) is 0 Å². The fraction of sp³-hybridized carbons (Fsp3) is 0.231. The number of nitrogens with zero attached hydrogens (tertiary/aromatic N) is 2. The summed E-state index contributed by atoms with van der Waals surface area (Å²) in [6, 6.07) is 8.10. The minimum atomic E-state index is 0.149. The Kier molecular flexibility index (Phi) is 4.81. The zero-order valence-corrected chi connectivity index (χ0v) is 11.5. The maximum absolute atomic E-state index is 5.60. The van der Waals surface area contributed by atoms with E-state index in [-0.39, 0.29) is 6.04 Å². The van der Waals surface area contributed by atoms with Gasteiger partial charge in [-0.1, -0.05) is 6.07 Å². The Morgan fingerprint density at radius 1 is 1.28 bits per heavy atom. The van der Waals surface area contributed by atoms with Crippen molar-refractivity contribution in [2.45, 2.75) is 18.9 Å². The second-order valence-electron chi connectivity index (χ2n) is 4.10. The zero-order chi connectivity index (χ0) is 12.8. The molecule has 5 heteroatoms. The van der Waals surface area contributed by atoms with Gasteiger partial charge in [0.15, 0.2) is 0 Å². The molecule has 18 heavy (non-hydrogen) atoms. The molecule has 0 saturated carbocycles. The summed E-state index contributed by atoms with van der Waals surface area (Å²) in [7, 11) is 0. The van der Waals surface area contributed by atoms with Crippen LogP contribution in [0.3, 0.4) is 0 Å². The Labute approximate surface area is 115 Å². The number of rotatable bonds is 5. The average Bonchev–Trinajstić information content (AvgIpc) is 2.39. The third-order valence-electron chi connectivity index (χ3n) is 2.66. The molecule has 0 amide bonds. The van der Waals surface area contributed by atoms with Gasteiger partial charge >= 0.3 is 0 Å². The van der Waals surface area contributed by atoms with Crippen LogP contribution in [0.4, 0.5) is 0 Å². The lowest BCUT2D eigenvalue weighted by atomic mass is 10.0. The van der Waals surface area contributed by atoms with Crippen molar-refractivity contribution in [2.75, 3.05) is 0 Å². The molecule has 2 rings (SSSR count). The van der Waals surface area contributed by atoms with E-state index in [9.17, 15) is 0 Å². The maximum atomic E-state index is 5.60. The second-order valence-corrected chi connectivity index (χ2v) is 5.02. The zero-order valence-electron chi connectivity index (χ0n) is 9.88. The molecule has 0 aliphatic heterocycles. The molecule has 1 atom stereocenters. The molecule has 4 nitrogen and oxygen atoms in total. The smallest absolute Gasteiger partial charge is 0.0419 e. The molecule has 3 N–H and O–H groups in total. The molecule has 2 aromatic heterocycles. The highest BCUT2D eigenvalue weighted by atomic mass is 79.9. The molecule has 0 radical (unpaired) electrons. The lowest BCUT2D eigenvalue weighted by Gasteiger charge is -2.15. The number of hydrogen-bond donors (Lipinski definition) is 2.